The van der Waals surface area contributed by atoms with Crippen molar-refractivity contribution in [3.63, 3.8) is 0 Å². The number of hydrogen-bond donors (Lipinski definition) is 0. The molecule has 1 aromatic rings. The van der Waals surface area contributed by atoms with Crippen molar-refractivity contribution in [1.82, 2.24) is 0 Å². The summed E-state index contributed by atoms with van der Waals surface area (Å²) in [5.41, 5.74) is 2.22. The van der Waals surface area contributed by atoms with Gasteiger partial charge in [-0.05, 0) is 13.3 Å². The maximum atomic E-state index is 5.81. The van der Waals surface area contributed by atoms with E-state index in [9.17, 15) is 0 Å². The molecule has 1 heterocycles. The van der Waals surface area contributed by atoms with Crippen LogP contribution in [-0.4, -0.2) is 0 Å². The quantitative estimate of drug-likeness (QED) is 0.667. The number of aryl methyl sites for hydroxylation is 1. The Morgan fingerprint density at radius 2 is 1.93 bits per heavy atom. The molecule has 0 N–H and O–H groups in total. The second-order valence-electron chi connectivity index (χ2n) is 4.99. The van der Waals surface area contributed by atoms with Gasteiger partial charge in [0.1, 0.15) is 11.5 Å². The number of hydrogen-bond acceptors (Lipinski definition) is 1. The second kappa shape index (κ2) is 4.14. The highest BCUT2D eigenvalue weighted by Gasteiger charge is 2.25. The minimum atomic E-state index is 0.0321. The van der Waals surface area contributed by atoms with Crippen LogP contribution >= 0.6 is 0 Å². The molecule has 0 saturated carbocycles. The largest absolute Gasteiger partial charge is 0.464 e. The van der Waals surface area contributed by atoms with E-state index in [1.165, 1.54) is 5.56 Å². The lowest BCUT2D eigenvalue weighted by molar-refractivity contribution is 0.391. The molecule has 0 aliphatic heterocycles. The lowest BCUT2D eigenvalue weighted by Gasteiger charge is -2.17. The Balaban J connectivity index is 3.35. The maximum absolute atomic E-state index is 5.81. The highest BCUT2D eigenvalue weighted by atomic mass is 16.3. The van der Waals surface area contributed by atoms with E-state index in [1.54, 1.807) is 0 Å². The Morgan fingerprint density at radius 3 is 2.33 bits per heavy atom. The third-order valence-electron chi connectivity index (χ3n) is 2.51. The van der Waals surface area contributed by atoms with Gasteiger partial charge in [0.2, 0.25) is 0 Å². The van der Waals surface area contributed by atoms with Gasteiger partial charge in [-0.2, -0.15) is 0 Å². The predicted octanol–water partition coefficient (Wildman–Crippen LogP) is 3.82. The lowest BCUT2D eigenvalue weighted by Crippen LogP contribution is -2.12. The third kappa shape index (κ3) is 2.26. The molecule has 0 aliphatic rings. The highest BCUT2D eigenvalue weighted by Crippen LogP contribution is 2.32. The van der Waals surface area contributed by atoms with Crippen LogP contribution in [0.2, 0.25) is 0 Å². The van der Waals surface area contributed by atoms with E-state index in [4.69, 9.17) is 10.8 Å². The Hall–Kier alpha value is -1.16. The molecule has 0 aliphatic carbocycles. The van der Waals surface area contributed by atoms with E-state index in [0.717, 1.165) is 29.9 Å². The van der Waals surface area contributed by atoms with Crippen molar-refractivity contribution in [1.29, 1.82) is 0 Å². The Labute approximate surface area is 92.9 Å². The van der Waals surface area contributed by atoms with E-state index in [2.05, 4.69) is 33.6 Å². The third-order valence-corrected chi connectivity index (χ3v) is 2.51. The Morgan fingerprint density at radius 1 is 1.33 bits per heavy atom. The molecule has 1 nitrogen and oxygen atoms in total. The van der Waals surface area contributed by atoms with Gasteiger partial charge in [0.25, 0.3) is 0 Å². The molecule has 0 radical (unpaired) electrons. The summed E-state index contributed by atoms with van der Waals surface area (Å²) in [4.78, 5) is 0. The fourth-order valence-electron chi connectivity index (χ4n) is 1.87. The predicted molar refractivity (Wildman–Crippen MR) is 64.1 cm³/mol. The first-order valence-corrected chi connectivity index (χ1v) is 5.51. The smallest absolute Gasteiger partial charge is 0.117 e. The van der Waals surface area contributed by atoms with Gasteiger partial charge >= 0.3 is 0 Å². The van der Waals surface area contributed by atoms with Gasteiger partial charge < -0.3 is 4.42 Å². The van der Waals surface area contributed by atoms with Crippen molar-refractivity contribution >= 4 is 0 Å². The van der Waals surface area contributed by atoms with Crippen LogP contribution < -0.4 is 0 Å². The molecular formula is C14H20O. The number of rotatable bonds is 2. The minimum Gasteiger partial charge on any atom is -0.464 e. The van der Waals surface area contributed by atoms with Crippen molar-refractivity contribution < 1.29 is 4.42 Å². The van der Waals surface area contributed by atoms with Crippen LogP contribution in [0, 0.1) is 19.3 Å². The maximum Gasteiger partial charge on any atom is 0.117 e. The van der Waals surface area contributed by atoms with Gasteiger partial charge in [0.15, 0.2) is 0 Å². The van der Waals surface area contributed by atoms with Crippen molar-refractivity contribution in [3.8, 4) is 12.3 Å². The Bertz CT molecular complexity index is 383. The van der Waals surface area contributed by atoms with Crippen molar-refractivity contribution in [2.75, 3.05) is 0 Å². The first-order valence-electron chi connectivity index (χ1n) is 5.51. The molecule has 0 saturated heterocycles. The molecule has 0 atom stereocenters. The van der Waals surface area contributed by atoms with Crippen LogP contribution in [0.1, 0.15) is 56.8 Å². The zero-order valence-corrected chi connectivity index (χ0v) is 10.4. The monoisotopic (exact) mass is 204 g/mol. The lowest BCUT2D eigenvalue weighted by atomic mass is 9.88. The molecule has 0 fully saturated rings. The molecule has 1 rings (SSSR count). The summed E-state index contributed by atoms with van der Waals surface area (Å²) in [6.45, 7) is 10.6. The molecule has 82 valence electrons. The molecule has 1 aromatic heterocycles. The summed E-state index contributed by atoms with van der Waals surface area (Å²) < 4.78 is 5.81. The zero-order chi connectivity index (χ0) is 11.6. The van der Waals surface area contributed by atoms with Gasteiger partial charge in [-0.25, -0.2) is 0 Å². The molecule has 0 amide bonds. The van der Waals surface area contributed by atoms with Crippen LogP contribution in [0.15, 0.2) is 4.42 Å². The zero-order valence-electron chi connectivity index (χ0n) is 10.4. The van der Waals surface area contributed by atoms with Crippen molar-refractivity contribution in [2.45, 2.75) is 52.9 Å². The van der Waals surface area contributed by atoms with Gasteiger partial charge in [0, 0.05) is 11.0 Å². The average molecular weight is 204 g/mol. The van der Waals surface area contributed by atoms with E-state index >= 15 is 0 Å². The van der Waals surface area contributed by atoms with Gasteiger partial charge in [-0.1, -0.05) is 40.0 Å². The van der Waals surface area contributed by atoms with Gasteiger partial charge in [0.05, 0.1) is 5.56 Å². The summed E-state index contributed by atoms with van der Waals surface area (Å²) >= 11 is 0. The van der Waals surface area contributed by atoms with Crippen LogP contribution in [-0.2, 0) is 11.8 Å². The summed E-state index contributed by atoms with van der Waals surface area (Å²) in [5.74, 6) is 4.68. The van der Waals surface area contributed by atoms with E-state index in [-0.39, 0.29) is 5.41 Å². The van der Waals surface area contributed by atoms with Crippen LogP contribution in [0.4, 0.5) is 0 Å². The normalized spacial score (nSPS) is 11.5. The van der Waals surface area contributed by atoms with Gasteiger partial charge in [-0.15, -0.1) is 6.42 Å². The summed E-state index contributed by atoms with van der Waals surface area (Å²) in [7, 11) is 0. The summed E-state index contributed by atoms with van der Waals surface area (Å²) in [6, 6.07) is 0. The first kappa shape index (κ1) is 11.9. The standard InChI is InChI=1S/C14H20O/c1-7-9-12-11(8-2)10(3)15-13(12)14(4,5)6/h2H,7,9H2,1,3-6H3. The number of furan rings is 1. The number of terminal acetylenes is 1. The summed E-state index contributed by atoms with van der Waals surface area (Å²) in [5, 5.41) is 0. The van der Waals surface area contributed by atoms with Crippen molar-refractivity contribution in [2.24, 2.45) is 0 Å². The second-order valence-corrected chi connectivity index (χ2v) is 4.99. The topological polar surface area (TPSA) is 13.1 Å². The van der Waals surface area contributed by atoms with Crippen LogP contribution in [0.5, 0.6) is 0 Å². The van der Waals surface area contributed by atoms with E-state index in [0.29, 0.717) is 0 Å². The molecule has 0 aromatic carbocycles. The van der Waals surface area contributed by atoms with Crippen molar-refractivity contribution in [3.05, 3.63) is 22.6 Å². The molecule has 15 heavy (non-hydrogen) atoms. The van der Waals surface area contributed by atoms with E-state index < -0.39 is 0 Å². The summed E-state index contributed by atoms with van der Waals surface area (Å²) in [6.07, 6.45) is 7.63. The SMILES string of the molecule is C#Cc1c(C)oc(C(C)(C)C)c1CCC. The molecule has 0 bridgehead atoms. The fraction of sp³-hybridized carbons (Fsp3) is 0.571. The first-order chi connectivity index (χ1) is 6.91. The Kier molecular flexibility index (Phi) is 3.29. The average Bonchev–Trinajstić information content (AvgIpc) is 2.42. The highest BCUT2D eigenvalue weighted by molar-refractivity contribution is 5.46. The van der Waals surface area contributed by atoms with Crippen LogP contribution in [0.3, 0.4) is 0 Å². The fourth-order valence-corrected chi connectivity index (χ4v) is 1.87. The van der Waals surface area contributed by atoms with Gasteiger partial charge in [-0.3, -0.25) is 0 Å². The molecule has 0 spiro atoms. The van der Waals surface area contributed by atoms with Crippen LogP contribution in [0.25, 0.3) is 0 Å². The van der Waals surface area contributed by atoms with E-state index in [1.807, 2.05) is 6.92 Å². The molecule has 0 unspecified atom stereocenters. The molecule has 1 heteroatoms. The molecular weight excluding hydrogens is 184 g/mol. The minimum absolute atomic E-state index is 0.0321.